The van der Waals surface area contributed by atoms with E-state index in [2.05, 4.69) is 0 Å². The molecule has 104 valence electrons. The van der Waals surface area contributed by atoms with Gasteiger partial charge in [0.15, 0.2) is 0 Å². The summed E-state index contributed by atoms with van der Waals surface area (Å²) >= 11 is 6.01. The van der Waals surface area contributed by atoms with Gasteiger partial charge >= 0.3 is 5.97 Å². The number of aliphatic carboxylic acids is 1. The van der Waals surface area contributed by atoms with E-state index in [1.54, 1.807) is 0 Å². The summed E-state index contributed by atoms with van der Waals surface area (Å²) in [5.41, 5.74) is 1.97. The number of carboxylic acids is 1. The lowest BCUT2D eigenvalue weighted by molar-refractivity contribution is -0.148. The maximum Gasteiger partial charge on any atom is 0.326 e. The number of hydrogen-bond donors (Lipinski definition) is 1. The molecule has 1 amide bonds. The lowest BCUT2D eigenvalue weighted by Gasteiger charge is -2.21. The van der Waals surface area contributed by atoms with E-state index in [4.69, 9.17) is 16.7 Å². The Hall–Kier alpha value is -1.55. The van der Waals surface area contributed by atoms with Gasteiger partial charge in [0.2, 0.25) is 5.91 Å². The fourth-order valence-corrected chi connectivity index (χ4v) is 1.80. The third kappa shape index (κ3) is 4.24. The van der Waals surface area contributed by atoms with Gasteiger partial charge in [-0.25, -0.2) is 4.79 Å². The molecule has 0 radical (unpaired) electrons. The molecule has 1 N–H and O–H groups in total. The normalized spacial score (nSPS) is 12.0. The number of carboxylic acid groups (broad SMARTS) is 1. The van der Waals surface area contributed by atoms with Crippen LogP contribution in [0.5, 0.6) is 0 Å². The predicted octanol–water partition coefficient (Wildman–Crippen LogP) is 2.51. The van der Waals surface area contributed by atoms with E-state index in [9.17, 15) is 9.59 Å². The molecule has 1 rings (SSSR count). The first-order valence-corrected chi connectivity index (χ1v) is 6.44. The number of benzene rings is 1. The first-order valence-electron chi connectivity index (χ1n) is 6.06. The highest BCUT2D eigenvalue weighted by molar-refractivity contribution is 6.31. The minimum absolute atomic E-state index is 0.188. The van der Waals surface area contributed by atoms with Crippen molar-refractivity contribution in [3.8, 4) is 0 Å². The van der Waals surface area contributed by atoms with E-state index in [0.29, 0.717) is 11.4 Å². The molecular weight excluding hydrogens is 266 g/mol. The van der Waals surface area contributed by atoms with Crippen LogP contribution in [0.1, 0.15) is 24.5 Å². The summed E-state index contributed by atoms with van der Waals surface area (Å²) < 4.78 is 0. The van der Waals surface area contributed by atoms with Crippen LogP contribution in [-0.2, 0) is 16.0 Å². The highest BCUT2D eigenvalue weighted by atomic mass is 35.5. The lowest BCUT2D eigenvalue weighted by Crippen LogP contribution is -2.40. The molecule has 0 aliphatic carbocycles. The Morgan fingerprint density at radius 3 is 2.58 bits per heavy atom. The molecule has 4 nitrogen and oxygen atoms in total. The summed E-state index contributed by atoms with van der Waals surface area (Å²) in [7, 11) is 1.50. The van der Waals surface area contributed by atoms with E-state index in [1.165, 1.54) is 18.9 Å². The molecule has 0 saturated heterocycles. The molecule has 0 heterocycles. The predicted molar refractivity (Wildman–Crippen MR) is 74.4 cm³/mol. The van der Waals surface area contributed by atoms with Gasteiger partial charge in [0.05, 0.1) is 0 Å². The number of hydrogen-bond acceptors (Lipinski definition) is 2. The molecule has 1 aromatic rings. The molecule has 1 unspecified atom stereocenters. The Labute approximate surface area is 118 Å². The van der Waals surface area contributed by atoms with Crippen LogP contribution in [0.3, 0.4) is 0 Å². The summed E-state index contributed by atoms with van der Waals surface area (Å²) in [6, 6.07) is 4.86. The van der Waals surface area contributed by atoms with Gasteiger partial charge in [-0.2, -0.15) is 0 Å². The van der Waals surface area contributed by atoms with E-state index < -0.39 is 12.0 Å². The summed E-state index contributed by atoms with van der Waals surface area (Å²) in [5.74, 6) is -1.19. The van der Waals surface area contributed by atoms with Gasteiger partial charge < -0.3 is 10.0 Å². The fourth-order valence-electron chi connectivity index (χ4n) is 1.60. The van der Waals surface area contributed by atoms with E-state index in [1.807, 2.05) is 25.1 Å². The number of carbonyl (C=O) groups is 2. The minimum atomic E-state index is -1.01. The van der Waals surface area contributed by atoms with Gasteiger partial charge in [-0.05, 0) is 37.5 Å². The van der Waals surface area contributed by atoms with E-state index in [0.717, 1.165) is 11.1 Å². The molecule has 0 aliphatic rings. The Morgan fingerprint density at radius 1 is 1.42 bits per heavy atom. The van der Waals surface area contributed by atoms with Crippen LogP contribution in [0, 0.1) is 6.92 Å². The topological polar surface area (TPSA) is 57.6 Å². The Bertz CT molecular complexity index is 488. The Morgan fingerprint density at radius 2 is 2.05 bits per heavy atom. The maximum absolute atomic E-state index is 11.8. The molecule has 1 aromatic carbocycles. The summed E-state index contributed by atoms with van der Waals surface area (Å²) in [4.78, 5) is 23.9. The second-order valence-corrected chi connectivity index (χ2v) is 5.01. The summed E-state index contributed by atoms with van der Waals surface area (Å²) in [5, 5.41) is 9.52. The fraction of sp³-hybridized carbons (Fsp3) is 0.429. The van der Waals surface area contributed by atoms with Crippen LogP contribution in [0.2, 0.25) is 5.02 Å². The average Bonchev–Trinajstić information content (AvgIpc) is 2.37. The van der Waals surface area contributed by atoms with Crippen molar-refractivity contribution in [2.75, 3.05) is 7.05 Å². The Kier molecular flexibility index (Phi) is 5.36. The van der Waals surface area contributed by atoms with Crippen LogP contribution in [0.15, 0.2) is 18.2 Å². The molecule has 0 saturated carbocycles. The molecule has 0 spiro atoms. The van der Waals surface area contributed by atoms with Gasteiger partial charge in [0.1, 0.15) is 6.04 Å². The van der Waals surface area contributed by atoms with Crippen molar-refractivity contribution in [3.63, 3.8) is 0 Å². The molecule has 19 heavy (non-hydrogen) atoms. The third-order valence-electron chi connectivity index (χ3n) is 3.20. The zero-order valence-electron chi connectivity index (χ0n) is 11.3. The first kappa shape index (κ1) is 15.5. The van der Waals surface area contributed by atoms with Crippen molar-refractivity contribution in [1.29, 1.82) is 0 Å². The molecule has 0 fully saturated rings. The van der Waals surface area contributed by atoms with Crippen molar-refractivity contribution in [2.45, 2.75) is 32.7 Å². The van der Waals surface area contributed by atoms with Crippen LogP contribution in [-0.4, -0.2) is 35.0 Å². The van der Waals surface area contributed by atoms with Crippen molar-refractivity contribution in [1.82, 2.24) is 4.90 Å². The molecule has 1 atom stereocenters. The third-order valence-corrected chi connectivity index (χ3v) is 3.60. The van der Waals surface area contributed by atoms with Crippen molar-refractivity contribution in [2.24, 2.45) is 0 Å². The molecule has 0 aliphatic heterocycles. The smallest absolute Gasteiger partial charge is 0.326 e. The zero-order valence-corrected chi connectivity index (χ0v) is 12.1. The standard InChI is InChI=1S/C14H18ClNO3/c1-9-4-5-11(8-12(9)15)6-7-13(17)16(3)10(2)14(18)19/h4-5,8,10H,6-7H2,1-3H3,(H,18,19). The monoisotopic (exact) mass is 283 g/mol. The SMILES string of the molecule is Cc1ccc(CCC(=O)N(C)C(C)C(=O)O)cc1Cl. The molecule has 5 heteroatoms. The maximum atomic E-state index is 11.8. The van der Waals surface area contributed by atoms with Gasteiger partial charge in [-0.15, -0.1) is 0 Å². The highest BCUT2D eigenvalue weighted by Crippen LogP contribution is 2.18. The minimum Gasteiger partial charge on any atom is -0.480 e. The molecule has 0 aromatic heterocycles. The number of halogens is 1. The number of amides is 1. The van der Waals surface area contributed by atoms with Crippen LogP contribution in [0.25, 0.3) is 0 Å². The van der Waals surface area contributed by atoms with Crippen molar-refractivity contribution < 1.29 is 14.7 Å². The van der Waals surface area contributed by atoms with Crippen LogP contribution in [0.4, 0.5) is 0 Å². The second kappa shape index (κ2) is 6.57. The highest BCUT2D eigenvalue weighted by Gasteiger charge is 2.21. The zero-order chi connectivity index (χ0) is 14.6. The number of likely N-dealkylation sites (N-methyl/N-ethyl adjacent to an activating group) is 1. The van der Waals surface area contributed by atoms with E-state index >= 15 is 0 Å². The van der Waals surface area contributed by atoms with Crippen LogP contribution >= 0.6 is 11.6 Å². The average molecular weight is 284 g/mol. The van der Waals surface area contributed by atoms with Crippen molar-refractivity contribution in [3.05, 3.63) is 34.3 Å². The van der Waals surface area contributed by atoms with Crippen molar-refractivity contribution >= 4 is 23.5 Å². The number of nitrogens with zero attached hydrogens (tertiary/aromatic N) is 1. The van der Waals surface area contributed by atoms with Gasteiger partial charge in [-0.3, -0.25) is 4.79 Å². The van der Waals surface area contributed by atoms with Gasteiger partial charge in [0.25, 0.3) is 0 Å². The van der Waals surface area contributed by atoms with Gasteiger partial charge in [-0.1, -0.05) is 23.7 Å². The Balaban J connectivity index is 2.59. The first-order chi connectivity index (χ1) is 8.82. The number of rotatable bonds is 5. The van der Waals surface area contributed by atoms with Crippen LogP contribution < -0.4 is 0 Å². The molecule has 0 bridgehead atoms. The largest absolute Gasteiger partial charge is 0.480 e. The van der Waals surface area contributed by atoms with Gasteiger partial charge in [0, 0.05) is 18.5 Å². The van der Waals surface area contributed by atoms with E-state index in [-0.39, 0.29) is 12.3 Å². The second-order valence-electron chi connectivity index (χ2n) is 4.60. The quantitative estimate of drug-likeness (QED) is 0.903. The number of aryl methyl sites for hydroxylation is 2. The lowest BCUT2D eigenvalue weighted by atomic mass is 10.1. The summed E-state index contributed by atoms with van der Waals surface area (Å²) in [6.07, 6.45) is 0.822. The number of carbonyl (C=O) groups excluding carboxylic acids is 1. The summed E-state index contributed by atoms with van der Waals surface area (Å²) in [6.45, 7) is 3.41. The molecular formula is C14H18ClNO3.